The number of para-hydroxylation sites is 1. The molecule has 1 atom stereocenters. The van der Waals surface area contributed by atoms with E-state index in [-0.39, 0.29) is 5.56 Å². The highest BCUT2D eigenvalue weighted by Gasteiger charge is 2.26. The molecule has 1 amide bonds. The summed E-state index contributed by atoms with van der Waals surface area (Å²) >= 11 is 0. The number of carbonyl (C=O) groups is 2. The van der Waals surface area contributed by atoms with Gasteiger partial charge in [0.15, 0.2) is 6.04 Å². The number of aliphatic hydroxyl groups is 1. The fraction of sp³-hybridized carbons (Fsp3) is 0.227. The third kappa shape index (κ3) is 4.66. The smallest absolute Gasteiger partial charge is 0.330 e. The Morgan fingerprint density at radius 1 is 1.10 bits per heavy atom. The number of hydrogen-bond acceptors (Lipinski definition) is 6. The molecule has 0 saturated carbocycles. The lowest BCUT2D eigenvalue weighted by Crippen LogP contribution is -2.44. The van der Waals surface area contributed by atoms with Crippen molar-refractivity contribution in [2.45, 2.75) is 12.6 Å². The van der Waals surface area contributed by atoms with Crippen LogP contribution in [0.4, 0.5) is 0 Å². The number of aromatic nitrogens is 2. The zero-order chi connectivity index (χ0) is 21.5. The molecule has 2 aromatic carbocycles. The van der Waals surface area contributed by atoms with Crippen molar-refractivity contribution in [1.29, 1.82) is 0 Å². The van der Waals surface area contributed by atoms with Gasteiger partial charge in [-0.25, -0.2) is 4.79 Å². The zero-order valence-electron chi connectivity index (χ0n) is 16.7. The van der Waals surface area contributed by atoms with E-state index < -0.39 is 24.5 Å². The highest BCUT2D eigenvalue weighted by Crippen LogP contribution is 2.31. The molecular formula is C22H23N3O5. The number of nitrogens with zero attached hydrogens (tertiary/aromatic N) is 2. The van der Waals surface area contributed by atoms with Gasteiger partial charge in [0, 0.05) is 11.8 Å². The second-order valence-corrected chi connectivity index (χ2v) is 6.51. The second-order valence-electron chi connectivity index (χ2n) is 6.51. The van der Waals surface area contributed by atoms with E-state index in [9.17, 15) is 14.7 Å². The van der Waals surface area contributed by atoms with E-state index in [1.165, 1.54) is 7.11 Å². The minimum Gasteiger partial charge on any atom is -0.496 e. The molecule has 3 aromatic rings. The summed E-state index contributed by atoms with van der Waals surface area (Å²) in [4.78, 5) is 24.7. The van der Waals surface area contributed by atoms with Crippen molar-refractivity contribution in [1.82, 2.24) is 15.1 Å². The fourth-order valence-electron chi connectivity index (χ4n) is 3.04. The molecule has 0 fully saturated rings. The normalized spacial score (nSPS) is 11.6. The Labute approximate surface area is 174 Å². The number of methoxy groups -OCH3 is 2. The molecule has 0 aliphatic rings. The lowest BCUT2D eigenvalue weighted by atomic mass is 10.1. The van der Waals surface area contributed by atoms with Gasteiger partial charge in [0.2, 0.25) is 0 Å². The Balaban J connectivity index is 2.01. The summed E-state index contributed by atoms with van der Waals surface area (Å²) in [5, 5.41) is 16.5. The van der Waals surface area contributed by atoms with Gasteiger partial charge in [-0.2, -0.15) is 5.10 Å². The van der Waals surface area contributed by atoms with Crippen molar-refractivity contribution in [2.75, 3.05) is 20.8 Å². The van der Waals surface area contributed by atoms with Gasteiger partial charge in [0.05, 0.1) is 32.9 Å². The topological polar surface area (TPSA) is 103 Å². The first-order chi connectivity index (χ1) is 14.6. The summed E-state index contributed by atoms with van der Waals surface area (Å²) < 4.78 is 11.7. The Hall–Kier alpha value is -3.65. The van der Waals surface area contributed by atoms with Gasteiger partial charge in [-0.05, 0) is 17.7 Å². The third-order valence-corrected chi connectivity index (χ3v) is 4.53. The number of aliphatic hydroxyl groups excluding tert-OH is 1. The average Bonchev–Trinajstić information content (AvgIpc) is 3.21. The van der Waals surface area contributed by atoms with Crippen LogP contribution in [-0.2, 0) is 16.1 Å². The Morgan fingerprint density at radius 2 is 1.80 bits per heavy atom. The summed E-state index contributed by atoms with van der Waals surface area (Å²) in [6.07, 6.45) is 1.61. The fourth-order valence-corrected chi connectivity index (χ4v) is 3.04. The Bertz CT molecular complexity index is 1020. The zero-order valence-corrected chi connectivity index (χ0v) is 16.7. The van der Waals surface area contributed by atoms with Crippen LogP contribution in [-0.4, -0.2) is 53.6 Å². The first kappa shape index (κ1) is 21.1. The number of rotatable bonds is 8. The number of amides is 1. The lowest BCUT2D eigenvalue weighted by Gasteiger charge is -2.14. The molecule has 8 nitrogen and oxygen atoms in total. The van der Waals surface area contributed by atoms with Gasteiger partial charge in [-0.15, -0.1) is 0 Å². The SMILES string of the molecule is COC(=O)[C@@H](CO)NC(=O)c1cn(Cc2ccccc2)nc1-c1ccccc1OC. The van der Waals surface area contributed by atoms with Crippen LogP contribution in [0.5, 0.6) is 5.75 Å². The van der Waals surface area contributed by atoms with Crippen LogP contribution in [0.3, 0.4) is 0 Å². The molecule has 0 aliphatic carbocycles. The summed E-state index contributed by atoms with van der Waals surface area (Å²) in [5.41, 5.74) is 2.30. The molecule has 30 heavy (non-hydrogen) atoms. The van der Waals surface area contributed by atoms with E-state index >= 15 is 0 Å². The summed E-state index contributed by atoms with van der Waals surface area (Å²) in [6.45, 7) is -0.128. The lowest BCUT2D eigenvalue weighted by molar-refractivity contribution is -0.143. The van der Waals surface area contributed by atoms with E-state index in [4.69, 9.17) is 4.74 Å². The van der Waals surface area contributed by atoms with E-state index in [1.54, 1.807) is 30.1 Å². The average molecular weight is 409 g/mol. The van der Waals surface area contributed by atoms with Crippen molar-refractivity contribution in [2.24, 2.45) is 0 Å². The molecule has 0 radical (unpaired) electrons. The minimum atomic E-state index is -1.18. The second kappa shape index (κ2) is 9.71. The molecule has 3 rings (SSSR count). The molecule has 0 spiro atoms. The maximum Gasteiger partial charge on any atom is 0.330 e. The molecular weight excluding hydrogens is 386 g/mol. The molecule has 0 bridgehead atoms. The van der Waals surface area contributed by atoms with Crippen LogP contribution in [0.1, 0.15) is 15.9 Å². The maximum absolute atomic E-state index is 13.0. The number of carbonyl (C=O) groups excluding carboxylic acids is 2. The standard InChI is InChI=1S/C22H23N3O5/c1-29-19-11-7-6-10-16(19)20-17(21(27)23-18(14-26)22(28)30-2)13-25(24-20)12-15-8-4-3-5-9-15/h3-11,13,18,26H,12,14H2,1-2H3,(H,23,27)/t18-/m1/s1. The first-order valence-corrected chi connectivity index (χ1v) is 9.31. The van der Waals surface area contributed by atoms with Gasteiger partial charge in [-0.1, -0.05) is 42.5 Å². The van der Waals surface area contributed by atoms with Crippen LogP contribution in [0, 0.1) is 0 Å². The number of ether oxygens (including phenoxy) is 2. The number of esters is 1. The molecule has 2 N–H and O–H groups in total. The van der Waals surface area contributed by atoms with E-state index in [1.807, 2.05) is 42.5 Å². The minimum absolute atomic E-state index is 0.248. The molecule has 0 saturated heterocycles. The first-order valence-electron chi connectivity index (χ1n) is 9.31. The summed E-state index contributed by atoms with van der Waals surface area (Å²) in [5.74, 6) is -0.732. The number of benzene rings is 2. The van der Waals surface area contributed by atoms with Crippen molar-refractivity contribution >= 4 is 11.9 Å². The highest BCUT2D eigenvalue weighted by atomic mass is 16.5. The molecule has 8 heteroatoms. The van der Waals surface area contributed by atoms with Gasteiger partial charge in [-0.3, -0.25) is 9.48 Å². The largest absolute Gasteiger partial charge is 0.496 e. The predicted molar refractivity (Wildman–Crippen MR) is 110 cm³/mol. The van der Waals surface area contributed by atoms with Gasteiger partial charge in [0.25, 0.3) is 5.91 Å². The predicted octanol–water partition coefficient (Wildman–Crippen LogP) is 1.87. The summed E-state index contributed by atoms with van der Waals surface area (Å²) in [6, 6.07) is 15.7. The van der Waals surface area contributed by atoms with Crippen LogP contribution >= 0.6 is 0 Å². The molecule has 1 heterocycles. The third-order valence-electron chi connectivity index (χ3n) is 4.53. The van der Waals surface area contributed by atoms with Crippen LogP contribution < -0.4 is 10.1 Å². The van der Waals surface area contributed by atoms with Gasteiger partial charge < -0.3 is 19.9 Å². The number of nitrogens with one attached hydrogen (secondary N) is 1. The monoisotopic (exact) mass is 409 g/mol. The van der Waals surface area contributed by atoms with Crippen molar-refractivity contribution < 1.29 is 24.2 Å². The van der Waals surface area contributed by atoms with Crippen molar-refractivity contribution in [3.8, 4) is 17.0 Å². The van der Waals surface area contributed by atoms with Crippen molar-refractivity contribution in [3.05, 3.63) is 71.9 Å². The quantitative estimate of drug-likeness (QED) is 0.551. The Morgan fingerprint density at radius 3 is 2.47 bits per heavy atom. The van der Waals surface area contributed by atoms with E-state index in [2.05, 4.69) is 15.2 Å². The van der Waals surface area contributed by atoms with E-state index in [0.29, 0.717) is 23.6 Å². The van der Waals surface area contributed by atoms with Crippen LogP contribution in [0.2, 0.25) is 0 Å². The van der Waals surface area contributed by atoms with Crippen LogP contribution in [0.25, 0.3) is 11.3 Å². The molecule has 0 unspecified atom stereocenters. The molecule has 0 aliphatic heterocycles. The molecule has 156 valence electrons. The molecule has 1 aromatic heterocycles. The van der Waals surface area contributed by atoms with Gasteiger partial charge in [0.1, 0.15) is 11.4 Å². The Kier molecular flexibility index (Phi) is 6.82. The van der Waals surface area contributed by atoms with E-state index in [0.717, 1.165) is 5.56 Å². The highest BCUT2D eigenvalue weighted by molar-refractivity contribution is 6.02. The summed E-state index contributed by atoms with van der Waals surface area (Å²) in [7, 11) is 2.73. The van der Waals surface area contributed by atoms with Crippen LogP contribution in [0.15, 0.2) is 60.8 Å². The number of hydrogen-bond donors (Lipinski definition) is 2. The van der Waals surface area contributed by atoms with Crippen molar-refractivity contribution in [3.63, 3.8) is 0 Å². The van der Waals surface area contributed by atoms with Gasteiger partial charge >= 0.3 is 5.97 Å². The maximum atomic E-state index is 13.0.